The lowest BCUT2D eigenvalue weighted by Crippen LogP contribution is -2.24. The first-order chi connectivity index (χ1) is 17.2. The summed E-state index contributed by atoms with van der Waals surface area (Å²) in [5, 5.41) is 12.7. The van der Waals surface area contributed by atoms with Gasteiger partial charge < -0.3 is 14.2 Å². The molecule has 1 aliphatic rings. The molecule has 0 unspecified atom stereocenters. The number of fused-ring (bicyclic) bond motifs is 3. The maximum absolute atomic E-state index is 11.4. The highest BCUT2D eigenvalue weighted by atomic mass is 16.3. The highest BCUT2D eigenvalue weighted by Crippen LogP contribution is 2.34. The van der Waals surface area contributed by atoms with Gasteiger partial charge in [0.1, 0.15) is 0 Å². The second-order valence-electron chi connectivity index (χ2n) is 9.74. The average molecular weight is 462 g/mol. The number of aliphatic hydroxyl groups is 1. The summed E-state index contributed by atoms with van der Waals surface area (Å²) in [4.78, 5) is 4.79. The van der Waals surface area contributed by atoms with Gasteiger partial charge in [-0.2, -0.15) is 0 Å². The van der Waals surface area contributed by atoms with E-state index in [9.17, 15) is 5.11 Å². The van der Waals surface area contributed by atoms with Crippen molar-refractivity contribution < 1.29 is 5.11 Å². The van der Waals surface area contributed by atoms with E-state index in [1.54, 1.807) is 0 Å². The molecule has 1 atom stereocenters. The van der Waals surface area contributed by atoms with Crippen LogP contribution in [0.3, 0.4) is 0 Å². The van der Waals surface area contributed by atoms with Gasteiger partial charge in [0, 0.05) is 27.7 Å². The van der Waals surface area contributed by atoms with Crippen LogP contribution >= 0.6 is 0 Å². The molecule has 2 aromatic heterocycles. The number of aryl methyl sites for hydroxylation is 2. The Morgan fingerprint density at radius 1 is 0.857 bits per heavy atom. The van der Waals surface area contributed by atoms with Crippen molar-refractivity contribution in [2.75, 3.05) is 0 Å². The third-order valence-electron chi connectivity index (χ3n) is 7.27. The van der Waals surface area contributed by atoms with E-state index in [-0.39, 0.29) is 0 Å². The molecule has 0 saturated heterocycles. The molecule has 0 amide bonds. The summed E-state index contributed by atoms with van der Waals surface area (Å²) in [5.74, 6) is 0. The monoisotopic (exact) mass is 461 g/mol. The first-order valence-corrected chi connectivity index (χ1v) is 12.6. The van der Waals surface area contributed by atoms with E-state index >= 15 is 0 Å². The molecule has 0 fully saturated rings. The van der Waals surface area contributed by atoms with E-state index in [4.69, 9.17) is 4.98 Å². The summed E-state index contributed by atoms with van der Waals surface area (Å²) in [6.07, 6.45) is 6.05. The summed E-state index contributed by atoms with van der Waals surface area (Å²) in [5.41, 5.74) is 9.63. The Bertz CT molecular complexity index is 1460. The molecule has 5 aromatic rings. The molecule has 0 radical (unpaired) electrons. The number of hydrogen-bond donors (Lipinski definition) is 1. The van der Waals surface area contributed by atoms with Gasteiger partial charge in [0.25, 0.3) is 0 Å². The quantitative estimate of drug-likeness (QED) is 0.317. The van der Waals surface area contributed by atoms with Gasteiger partial charge in [-0.15, -0.1) is 0 Å². The molecule has 4 nitrogen and oxygen atoms in total. The van der Waals surface area contributed by atoms with E-state index in [0.29, 0.717) is 13.1 Å². The van der Waals surface area contributed by atoms with Crippen molar-refractivity contribution >= 4 is 10.9 Å². The van der Waals surface area contributed by atoms with Crippen molar-refractivity contribution in [3.8, 4) is 22.5 Å². The summed E-state index contributed by atoms with van der Waals surface area (Å²) < 4.78 is 4.50. The number of rotatable bonds is 6. The molecule has 6 rings (SSSR count). The van der Waals surface area contributed by atoms with Crippen LogP contribution in [0, 0.1) is 6.92 Å². The number of aliphatic hydroxyl groups excluding tert-OH is 1. The van der Waals surface area contributed by atoms with Gasteiger partial charge in [-0.1, -0.05) is 72.3 Å². The summed E-state index contributed by atoms with van der Waals surface area (Å²) in [6, 6.07) is 27.4. The largest absolute Gasteiger partial charge is 0.389 e. The SMILES string of the molecule is Cc1ccc2c(c1)c1c(n2C[C@@H](O)Cn2cnc(-c3ccccc3)c2-c2ccccc2)CCCC1. The Labute approximate surface area is 206 Å². The molecular weight excluding hydrogens is 430 g/mol. The van der Waals surface area contributed by atoms with E-state index in [0.717, 1.165) is 35.4 Å². The molecule has 0 saturated carbocycles. The van der Waals surface area contributed by atoms with Crippen LogP contribution in [0.15, 0.2) is 85.2 Å². The van der Waals surface area contributed by atoms with Gasteiger partial charge in [-0.05, 0) is 50.3 Å². The molecule has 4 heteroatoms. The third-order valence-corrected chi connectivity index (χ3v) is 7.27. The average Bonchev–Trinajstić information content (AvgIpc) is 3.44. The summed E-state index contributed by atoms with van der Waals surface area (Å²) in [7, 11) is 0. The van der Waals surface area contributed by atoms with Crippen LogP contribution in [-0.2, 0) is 25.9 Å². The first kappa shape index (κ1) is 21.9. The summed E-state index contributed by atoms with van der Waals surface area (Å²) >= 11 is 0. The van der Waals surface area contributed by atoms with Gasteiger partial charge in [0.2, 0.25) is 0 Å². The Hall–Kier alpha value is -3.63. The van der Waals surface area contributed by atoms with Crippen molar-refractivity contribution in [2.45, 2.75) is 51.8 Å². The minimum Gasteiger partial charge on any atom is -0.389 e. The zero-order valence-electron chi connectivity index (χ0n) is 20.2. The Morgan fingerprint density at radius 2 is 1.57 bits per heavy atom. The van der Waals surface area contributed by atoms with Crippen LogP contribution < -0.4 is 0 Å². The third kappa shape index (κ3) is 4.08. The lowest BCUT2D eigenvalue weighted by atomic mass is 9.95. The van der Waals surface area contributed by atoms with E-state index in [1.807, 2.05) is 30.6 Å². The molecule has 2 heterocycles. The van der Waals surface area contributed by atoms with Crippen LogP contribution in [0.25, 0.3) is 33.4 Å². The summed E-state index contributed by atoms with van der Waals surface area (Å²) in [6.45, 7) is 3.24. The predicted octanol–water partition coefficient (Wildman–Crippen LogP) is 6.42. The minimum absolute atomic E-state index is 0.490. The molecule has 3 aromatic carbocycles. The van der Waals surface area contributed by atoms with Gasteiger partial charge in [-0.25, -0.2) is 4.98 Å². The maximum atomic E-state index is 11.4. The fourth-order valence-corrected chi connectivity index (χ4v) is 5.68. The number of aromatic nitrogens is 3. The van der Waals surface area contributed by atoms with Gasteiger partial charge in [-0.3, -0.25) is 0 Å². The zero-order chi connectivity index (χ0) is 23.8. The zero-order valence-corrected chi connectivity index (χ0v) is 20.2. The Morgan fingerprint density at radius 3 is 2.34 bits per heavy atom. The number of hydrogen-bond acceptors (Lipinski definition) is 2. The van der Waals surface area contributed by atoms with Crippen LogP contribution in [-0.4, -0.2) is 25.3 Å². The van der Waals surface area contributed by atoms with Crippen molar-refractivity contribution in [1.82, 2.24) is 14.1 Å². The number of imidazole rings is 1. The predicted molar refractivity (Wildman–Crippen MR) is 142 cm³/mol. The minimum atomic E-state index is -0.529. The smallest absolute Gasteiger partial charge is 0.0963 e. The first-order valence-electron chi connectivity index (χ1n) is 12.6. The maximum Gasteiger partial charge on any atom is 0.0963 e. The molecule has 1 N–H and O–H groups in total. The number of nitrogens with zero attached hydrogens (tertiary/aromatic N) is 3. The van der Waals surface area contributed by atoms with Crippen molar-refractivity contribution in [1.29, 1.82) is 0 Å². The Balaban J connectivity index is 1.36. The van der Waals surface area contributed by atoms with E-state index in [2.05, 4.69) is 70.7 Å². The standard InChI is InChI=1S/C31H31N3O/c1-22-16-17-29-27(18-22)26-14-8-9-15-28(26)34(29)20-25(35)19-33-21-32-30(23-10-4-2-5-11-23)31(33)24-12-6-3-7-13-24/h2-7,10-13,16-18,21,25,35H,8-9,14-15,19-20H2,1H3/t25-/m0/s1. The van der Waals surface area contributed by atoms with Crippen molar-refractivity contribution in [3.05, 3.63) is 102 Å². The van der Waals surface area contributed by atoms with Crippen LogP contribution in [0.5, 0.6) is 0 Å². The lowest BCUT2D eigenvalue weighted by Gasteiger charge is -2.20. The van der Waals surface area contributed by atoms with E-state index < -0.39 is 6.10 Å². The molecule has 176 valence electrons. The molecule has 35 heavy (non-hydrogen) atoms. The molecule has 1 aliphatic carbocycles. The molecule has 0 aliphatic heterocycles. The lowest BCUT2D eigenvalue weighted by molar-refractivity contribution is 0.135. The second-order valence-corrected chi connectivity index (χ2v) is 9.74. The van der Waals surface area contributed by atoms with Crippen molar-refractivity contribution in [3.63, 3.8) is 0 Å². The molecule has 0 spiro atoms. The van der Waals surface area contributed by atoms with Crippen LogP contribution in [0.1, 0.15) is 29.7 Å². The van der Waals surface area contributed by atoms with Gasteiger partial charge in [0.05, 0.1) is 36.9 Å². The second kappa shape index (κ2) is 9.20. The van der Waals surface area contributed by atoms with Crippen LogP contribution in [0.2, 0.25) is 0 Å². The fraction of sp³-hybridized carbons (Fsp3) is 0.258. The molecular formula is C31H31N3O. The molecule has 0 bridgehead atoms. The topological polar surface area (TPSA) is 43.0 Å². The van der Waals surface area contributed by atoms with Gasteiger partial charge >= 0.3 is 0 Å². The normalized spacial score (nSPS) is 14.2. The highest BCUT2D eigenvalue weighted by molar-refractivity contribution is 5.86. The van der Waals surface area contributed by atoms with Crippen LogP contribution in [0.4, 0.5) is 0 Å². The van der Waals surface area contributed by atoms with Gasteiger partial charge in [0.15, 0.2) is 0 Å². The number of benzene rings is 3. The fourth-order valence-electron chi connectivity index (χ4n) is 5.68. The Kier molecular flexibility index (Phi) is 5.75. The highest BCUT2D eigenvalue weighted by Gasteiger charge is 2.23. The van der Waals surface area contributed by atoms with E-state index in [1.165, 1.54) is 40.6 Å². The van der Waals surface area contributed by atoms with Crippen molar-refractivity contribution in [2.24, 2.45) is 0 Å².